The first-order valence-corrected chi connectivity index (χ1v) is 8.20. The van der Waals surface area contributed by atoms with Crippen LogP contribution in [-0.4, -0.2) is 27.8 Å². The molecule has 3 N–H and O–H groups in total. The van der Waals surface area contributed by atoms with E-state index in [1.54, 1.807) is 12.3 Å². The minimum absolute atomic E-state index is 0.104. The standard InChI is InChI=1S/C18H21N5O2/c1-3-25-11-16-14-10-19-17(9-15(14)22-23-16)21-18(24)20-12(2)13-7-5-4-6-8-13/h4-10,12H,3,11H2,1-2H3,(H,22,23)(H2,19,20,21,24). The molecule has 0 radical (unpaired) electrons. The summed E-state index contributed by atoms with van der Waals surface area (Å²) in [4.78, 5) is 16.4. The molecule has 1 atom stereocenters. The van der Waals surface area contributed by atoms with Crippen molar-refractivity contribution in [2.24, 2.45) is 0 Å². The van der Waals surface area contributed by atoms with Gasteiger partial charge < -0.3 is 10.1 Å². The normalized spacial score (nSPS) is 12.1. The number of aromatic amines is 1. The molecule has 0 fully saturated rings. The molecule has 0 spiro atoms. The molecule has 7 nitrogen and oxygen atoms in total. The van der Waals surface area contributed by atoms with Gasteiger partial charge in [0.1, 0.15) is 5.82 Å². The first kappa shape index (κ1) is 16.9. The third-order valence-electron chi connectivity index (χ3n) is 3.86. The lowest BCUT2D eigenvalue weighted by atomic mass is 10.1. The van der Waals surface area contributed by atoms with Gasteiger partial charge in [-0.2, -0.15) is 5.10 Å². The second kappa shape index (κ2) is 7.76. The van der Waals surface area contributed by atoms with Crippen molar-refractivity contribution in [3.8, 4) is 0 Å². The second-order valence-electron chi connectivity index (χ2n) is 5.66. The Labute approximate surface area is 145 Å². The molecule has 0 aliphatic heterocycles. The number of hydrogen-bond acceptors (Lipinski definition) is 4. The van der Waals surface area contributed by atoms with Gasteiger partial charge in [0.25, 0.3) is 0 Å². The summed E-state index contributed by atoms with van der Waals surface area (Å²) in [6.45, 7) is 4.96. The molecular formula is C18H21N5O2. The van der Waals surface area contributed by atoms with E-state index in [4.69, 9.17) is 4.74 Å². The fourth-order valence-electron chi connectivity index (χ4n) is 2.51. The summed E-state index contributed by atoms with van der Waals surface area (Å²) in [6.07, 6.45) is 1.68. The maximum Gasteiger partial charge on any atom is 0.320 e. The van der Waals surface area contributed by atoms with Gasteiger partial charge in [-0.15, -0.1) is 0 Å². The highest BCUT2D eigenvalue weighted by Gasteiger charge is 2.11. The summed E-state index contributed by atoms with van der Waals surface area (Å²) in [7, 11) is 0. The van der Waals surface area contributed by atoms with E-state index in [0.717, 1.165) is 22.2 Å². The molecule has 0 bridgehead atoms. The van der Waals surface area contributed by atoms with Crippen LogP contribution in [0.5, 0.6) is 0 Å². The summed E-state index contributed by atoms with van der Waals surface area (Å²) in [5.74, 6) is 0.444. The first-order chi connectivity index (χ1) is 12.2. The number of rotatable bonds is 6. The van der Waals surface area contributed by atoms with Crippen LogP contribution in [0.2, 0.25) is 0 Å². The van der Waals surface area contributed by atoms with Gasteiger partial charge in [-0.3, -0.25) is 10.4 Å². The van der Waals surface area contributed by atoms with Gasteiger partial charge in [0, 0.05) is 24.3 Å². The zero-order chi connectivity index (χ0) is 17.6. The van der Waals surface area contributed by atoms with Crippen molar-refractivity contribution >= 4 is 22.8 Å². The first-order valence-electron chi connectivity index (χ1n) is 8.20. The van der Waals surface area contributed by atoms with Crippen molar-refractivity contribution in [2.45, 2.75) is 26.5 Å². The van der Waals surface area contributed by atoms with Crippen LogP contribution in [0.15, 0.2) is 42.6 Å². The van der Waals surface area contributed by atoms with Crippen molar-refractivity contribution in [1.82, 2.24) is 20.5 Å². The summed E-state index contributed by atoms with van der Waals surface area (Å²) in [5, 5.41) is 13.7. The van der Waals surface area contributed by atoms with E-state index < -0.39 is 0 Å². The number of ether oxygens (including phenoxy) is 1. The van der Waals surface area contributed by atoms with Crippen molar-refractivity contribution < 1.29 is 9.53 Å². The number of carbonyl (C=O) groups excluding carboxylic acids is 1. The number of nitrogens with one attached hydrogen (secondary N) is 3. The Kier molecular flexibility index (Phi) is 5.25. The number of nitrogens with zero attached hydrogens (tertiary/aromatic N) is 2. The molecule has 2 amide bonds. The highest BCUT2D eigenvalue weighted by Crippen LogP contribution is 2.19. The van der Waals surface area contributed by atoms with E-state index in [1.165, 1.54) is 0 Å². The Morgan fingerprint density at radius 1 is 1.32 bits per heavy atom. The molecule has 0 saturated carbocycles. The van der Waals surface area contributed by atoms with Crippen molar-refractivity contribution in [3.63, 3.8) is 0 Å². The summed E-state index contributed by atoms with van der Waals surface area (Å²) >= 11 is 0. The predicted octanol–water partition coefficient (Wildman–Crippen LogP) is 3.38. The molecular weight excluding hydrogens is 318 g/mol. The Morgan fingerprint density at radius 3 is 2.88 bits per heavy atom. The molecule has 1 unspecified atom stereocenters. The predicted molar refractivity (Wildman–Crippen MR) is 96.2 cm³/mol. The van der Waals surface area contributed by atoms with Crippen molar-refractivity contribution in [3.05, 3.63) is 53.9 Å². The van der Waals surface area contributed by atoms with Crippen molar-refractivity contribution in [2.75, 3.05) is 11.9 Å². The van der Waals surface area contributed by atoms with Gasteiger partial charge in [0.15, 0.2) is 0 Å². The van der Waals surface area contributed by atoms with E-state index in [2.05, 4.69) is 25.8 Å². The molecule has 25 heavy (non-hydrogen) atoms. The van der Waals surface area contributed by atoms with Crippen LogP contribution in [0.25, 0.3) is 10.9 Å². The van der Waals surface area contributed by atoms with Gasteiger partial charge >= 0.3 is 6.03 Å². The third kappa shape index (κ3) is 4.13. The van der Waals surface area contributed by atoms with E-state index in [0.29, 0.717) is 19.0 Å². The molecule has 0 aliphatic rings. The number of hydrogen-bond donors (Lipinski definition) is 3. The van der Waals surface area contributed by atoms with Crippen LogP contribution in [-0.2, 0) is 11.3 Å². The lowest BCUT2D eigenvalue weighted by Crippen LogP contribution is -2.31. The molecule has 7 heteroatoms. The Bertz CT molecular complexity index is 847. The van der Waals surface area contributed by atoms with E-state index in [9.17, 15) is 4.79 Å². The summed E-state index contributed by atoms with van der Waals surface area (Å²) < 4.78 is 5.39. The molecule has 1 aromatic carbocycles. The highest BCUT2D eigenvalue weighted by molar-refractivity contribution is 5.91. The Hall–Kier alpha value is -2.93. The van der Waals surface area contributed by atoms with Gasteiger partial charge in [0.05, 0.1) is 23.9 Å². The molecule has 0 aliphatic carbocycles. The topological polar surface area (TPSA) is 91.9 Å². The fourth-order valence-corrected chi connectivity index (χ4v) is 2.51. The number of H-pyrrole nitrogens is 1. The highest BCUT2D eigenvalue weighted by atomic mass is 16.5. The van der Waals surface area contributed by atoms with Crippen molar-refractivity contribution in [1.29, 1.82) is 0 Å². The van der Waals surface area contributed by atoms with Crippen LogP contribution >= 0.6 is 0 Å². The van der Waals surface area contributed by atoms with Crippen LogP contribution in [0, 0.1) is 0 Å². The van der Waals surface area contributed by atoms with Crippen LogP contribution in [0.4, 0.5) is 10.6 Å². The number of urea groups is 1. The monoisotopic (exact) mass is 339 g/mol. The molecule has 3 aromatic rings. The van der Waals surface area contributed by atoms with Gasteiger partial charge in [-0.1, -0.05) is 30.3 Å². The molecule has 2 aromatic heterocycles. The quantitative estimate of drug-likeness (QED) is 0.642. The summed E-state index contributed by atoms with van der Waals surface area (Å²) in [6, 6.07) is 11.1. The zero-order valence-corrected chi connectivity index (χ0v) is 14.2. The Balaban J connectivity index is 1.65. The van der Waals surface area contributed by atoms with E-state index >= 15 is 0 Å². The number of fused-ring (bicyclic) bond motifs is 1. The molecule has 3 rings (SSSR count). The molecule has 130 valence electrons. The fraction of sp³-hybridized carbons (Fsp3) is 0.278. The van der Waals surface area contributed by atoms with Gasteiger partial charge in [-0.25, -0.2) is 9.78 Å². The SMILES string of the molecule is CCOCc1[nH]nc2cc(NC(=O)NC(C)c3ccccc3)ncc12. The maximum atomic E-state index is 12.2. The smallest absolute Gasteiger partial charge is 0.320 e. The number of pyridine rings is 1. The van der Waals surface area contributed by atoms with E-state index in [1.807, 2.05) is 44.2 Å². The lowest BCUT2D eigenvalue weighted by molar-refractivity contribution is 0.132. The average molecular weight is 339 g/mol. The number of amides is 2. The van der Waals surface area contributed by atoms with Gasteiger partial charge in [0.2, 0.25) is 0 Å². The largest absolute Gasteiger partial charge is 0.375 e. The number of aromatic nitrogens is 3. The Morgan fingerprint density at radius 2 is 2.12 bits per heavy atom. The minimum Gasteiger partial charge on any atom is -0.375 e. The van der Waals surface area contributed by atoms with Crippen LogP contribution in [0.3, 0.4) is 0 Å². The van der Waals surface area contributed by atoms with Gasteiger partial charge in [-0.05, 0) is 19.4 Å². The minimum atomic E-state index is -0.312. The second-order valence-corrected chi connectivity index (χ2v) is 5.66. The molecule has 0 saturated heterocycles. The zero-order valence-electron chi connectivity index (χ0n) is 14.2. The average Bonchev–Trinajstić information content (AvgIpc) is 3.02. The molecule has 2 heterocycles. The number of benzene rings is 1. The summed E-state index contributed by atoms with van der Waals surface area (Å²) in [5.41, 5.74) is 2.64. The van der Waals surface area contributed by atoms with Crippen LogP contribution in [0.1, 0.15) is 31.1 Å². The van der Waals surface area contributed by atoms with E-state index in [-0.39, 0.29) is 12.1 Å². The number of carbonyl (C=O) groups is 1. The van der Waals surface area contributed by atoms with Crippen LogP contribution < -0.4 is 10.6 Å². The number of anilines is 1. The third-order valence-corrected chi connectivity index (χ3v) is 3.86. The maximum absolute atomic E-state index is 12.2. The lowest BCUT2D eigenvalue weighted by Gasteiger charge is -2.14.